The number of nitrogens with zero attached hydrogens (tertiary/aromatic N) is 1. The van der Waals surface area contributed by atoms with Crippen LogP contribution in [0.4, 0.5) is 10.5 Å². The van der Waals surface area contributed by atoms with Crippen LogP contribution in [0.1, 0.15) is 16.1 Å². The molecule has 0 radical (unpaired) electrons. The fourth-order valence-corrected chi connectivity index (χ4v) is 3.34. The maximum atomic E-state index is 12.7. The highest BCUT2D eigenvalue weighted by atomic mass is 35.5. The predicted octanol–water partition coefficient (Wildman–Crippen LogP) is 5.05. The quantitative estimate of drug-likeness (QED) is 0.434. The Hall–Kier alpha value is -3.55. The highest BCUT2D eigenvalue weighted by molar-refractivity contribution is 6.33. The topological polar surface area (TPSA) is 99.9 Å². The van der Waals surface area contributed by atoms with Crippen LogP contribution in [0.3, 0.4) is 0 Å². The van der Waals surface area contributed by atoms with E-state index in [0.717, 1.165) is 4.90 Å². The van der Waals surface area contributed by atoms with Gasteiger partial charge in [-0.25, -0.2) is 14.5 Å². The van der Waals surface area contributed by atoms with E-state index in [4.69, 9.17) is 27.6 Å². The second-order valence-corrected chi connectivity index (χ2v) is 7.15. The van der Waals surface area contributed by atoms with Gasteiger partial charge in [0, 0.05) is 16.7 Å². The zero-order valence-electron chi connectivity index (χ0n) is 15.1. The van der Waals surface area contributed by atoms with Gasteiger partial charge >= 0.3 is 12.0 Å². The smallest absolute Gasteiger partial charge is 0.337 e. The Bertz CT molecular complexity index is 1230. The van der Waals surface area contributed by atoms with Crippen molar-refractivity contribution >= 4 is 52.9 Å². The summed E-state index contributed by atoms with van der Waals surface area (Å²) in [4.78, 5) is 37.2. The zero-order chi connectivity index (χ0) is 21.4. The number of amides is 3. The predicted molar refractivity (Wildman–Crippen MR) is 112 cm³/mol. The number of carboxylic acid groups (broad SMARTS) is 1. The monoisotopic (exact) mass is 442 g/mol. The number of nitrogens with one attached hydrogen (secondary N) is 1. The number of rotatable bonds is 4. The number of halogens is 2. The molecule has 2 heterocycles. The van der Waals surface area contributed by atoms with Gasteiger partial charge in [-0.05, 0) is 48.5 Å². The van der Waals surface area contributed by atoms with Gasteiger partial charge in [-0.15, -0.1) is 0 Å². The summed E-state index contributed by atoms with van der Waals surface area (Å²) in [7, 11) is 0. The van der Waals surface area contributed by atoms with Crippen LogP contribution in [0.2, 0.25) is 10.0 Å². The van der Waals surface area contributed by atoms with Gasteiger partial charge in [0.2, 0.25) is 0 Å². The summed E-state index contributed by atoms with van der Waals surface area (Å²) < 4.78 is 5.69. The molecule has 150 valence electrons. The summed E-state index contributed by atoms with van der Waals surface area (Å²) in [5.74, 6) is -1.03. The Kier molecular flexibility index (Phi) is 5.07. The molecule has 3 aromatic rings. The normalized spacial score (nSPS) is 15.0. The molecule has 1 saturated heterocycles. The van der Waals surface area contributed by atoms with E-state index in [2.05, 4.69) is 5.32 Å². The van der Waals surface area contributed by atoms with Crippen LogP contribution in [-0.2, 0) is 4.79 Å². The maximum Gasteiger partial charge on any atom is 0.337 e. The molecular weight excluding hydrogens is 431 g/mol. The number of carboxylic acids is 1. The summed E-state index contributed by atoms with van der Waals surface area (Å²) in [6.45, 7) is 0. The summed E-state index contributed by atoms with van der Waals surface area (Å²) in [5.41, 5.74) is 0.823. The van der Waals surface area contributed by atoms with Crippen molar-refractivity contribution in [3.8, 4) is 11.3 Å². The lowest BCUT2D eigenvalue weighted by Crippen LogP contribution is -2.30. The molecule has 0 bridgehead atoms. The van der Waals surface area contributed by atoms with E-state index in [0.29, 0.717) is 27.8 Å². The average Bonchev–Trinajstić information content (AvgIpc) is 3.26. The number of benzene rings is 2. The zero-order valence-corrected chi connectivity index (χ0v) is 16.6. The number of carbonyl (C=O) groups is 3. The maximum absolute atomic E-state index is 12.7. The Morgan fingerprint density at radius 1 is 1.07 bits per heavy atom. The van der Waals surface area contributed by atoms with E-state index in [9.17, 15) is 19.5 Å². The Balaban J connectivity index is 1.62. The molecule has 4 rings (SSSR count). The van der Waals surface area contributed by atoms with Crippen molar-refractivity contribution in [2.75, 3.05) is 4.90 Å². The number of hydrogen-bond acceptors (Lipinski definition) is 4. The van der Waals surface area contributed by atoms with Crippen molar-refractivity contribution in [3.05, 3.63) is 81.7 Å². The highest BCUT2D eigenvalue weighted by Gasteiger charge is 2.35. The van der Waals surface area contributed by atoms with E-state index in [1.165, 1.54) is 24.3 Å². The van der Waals surface area contributed by atoms with Gasteiger partial charge in [0.1, 0.15) is 17.2 Å². The lowest BCUT2D eigenvalue weighted by atomic mass is 10.1. The fourth-order valence-electron chi connectivity index (χ4n) is 2.96. The van der Waals surface area contributed by atoms with E-state index in [1.807, 2.05) is 0 Å². The SMILES string of the molecule is O=C(O)c1cc(-c2ccc(C=C3NC(=O)N(c4cccc(Cl)c4)C3=O)o2)ccc1Cl. The fraction of sp³-hybridized carbons (Fsp3) is 0. The Morgan fingerprint density at radius 3 is 2.60 bits per heavy atom. The minimum absolute atomic E-state index is 0.0307. The first kappa shape index (κ1) is 19.8. The van der Waals surface area contributed by atoms with Crippen LogP contribution < -0.4 is 10.2 Å². The molecule has 30 heavy (non-hydrogen) atoms. The van der Waals surface area contributed by atoms with Gasteiger partial charge in [-0.3, -0.25) is 4.79 Å². The second-order valence-electron chi connectivity index (χ2n) is 6.31. The van der Waals surface area contributed by atoms with Crippen molar-refractivity contribution in [3.63, 3.8) is 0 Å². The Morgan fingerprint density at radius 2 is 1.87 bits per heavy atom. The van der Waals surface area contributed by atoms with Gasteiger partial charge in [0.25, 0.3) is 5.91 Å². The van der Waals surface area contributed by atoms with Gasteiger partial charge < -0.3 is 14.8 Å². The van der Waals surface area contributed by atoms with E-state index in [1.54, 1.807) is 36.4 Å². The van der Waals surface area contributed by atoms with Gasteiger partial charge in [-0.1, -0.05) is 29.3 Å². The molecular formula is C21H12Cl2N2O5. The lowest BCUT2D eigenvalue weighted by Gasteiger charge is -2.11. The minimum Gasteiger partial charge on any atom is -0.478 e. The first-order chi connectivity index (χ1) is 14.3. The van der Waals surface area contributed by atoms with Crippen LogP contribution in [0, 0.1) is 0 Å². The van der Waals surface area contributed by atoms with Crippen molar-refractivity contribution in [2.45, 2.75) is 0 Å². The summed E-state index contributed by atoms with van der Waals surface area (Å²) in [6, 6.07) is 13.5. The number of carbonyl (C=O) groups excluding carboxylic acids is 2. The summed E-state index contributed by atoms with van der Waals surface area (Å²) >= 11 is 11.8. The van der Waals surface area contributed by atoms with Gasteiger partial charge in [0.15, 0.2) is 0 Å². The second kappa shape index (κ2) is 7.70. The van der Waals surface area contributed by atoms with Crippen LogP contribution >= 0.6 is 23.2 Å². The van der Waals surface area contributed by atoms with Gasteiger partial charge in [-0.2, -0.15) is 0 Å². The third-order valence-electron chi connectivity index (χ3n) is 4.34. The van der Waals surface area contributed by atoms with Crippen LogP contribution in [-0.4, -0.2) is 23.0 Å². The number of furan rings is 1. The first-order valence-electron chi connectivity index (χ1n) is 8.59. The third-order valence-corrected chi connectivity index (χ3v) is 4.90. The van der Waals surface area contributed by atoms with Crippen LogP contribution in [0.5, 0.6) is 0 Å². The number of hydrogen-bond donors (Lipinski definition) is 2. The lowest BCUT2D eigenvalue weighted by molar-refractivity contribution is -0.113. The molecule has 3 amide bonds. The highest BCUT2D eigenvalue weighted by Crippen LogP contribution is 2.29. The van der Waals surface area contributed by atoms with E-state index >= 15 is 0 Å². The average molecular weight is 443 g/mol. The molecule has 9 heteroatoms. The number of anilines is 1. The molecule has 1 aliphatic rings. The molecule has 1 aromatic heterocycles. The molecule has 0 saturated carbocycles. The number of aromatic carboxylic acids is 1. The summed E-state index contributed by atoms with van der Waals surface area (Å²) in [5, 5.41) is 12.2. The van der Waals surface area contributed by atoms with E-state index < -0.39 is 17.9 Å². The molecule has 2 N–H and O–H groups in total. The third kappa shape index (κ3) is 3.68. The molecule has 1 fully saturated rings. The minimum atomic E-state index is -1.16. The molecule has 1 aliphatic heterocycles. The van der Waals surface area contributed by atoms with E-state index in [-0.39, 0.29) is 16.3 Å². The number of imide groups is 1. The van der Waals surface area contributed by atoms with Crippen molar-refractivity contribution < 1.29 is 23.9 Å². The van der Waals surface area contributed by atoms with Crippen LogP contribution in [0.25, 0.3) is 17.4 Å². The molecule has 7 nitrogen and oxygen atoms in total. The molecule has 0 unspecified atom stereocenters. The molecule has 0 aliphatic carbocycles. The number of urea groups is 1. The standard InChI is InChI=1S/C21H12Cl2N2O5/c22-12-2-1-3-13(9-12)25-19(26)17(24-21(25)29)10-14-5-7-18(30-14)11-4-6-16(23)15(8-11)20(27)28/h1-10H,(H,24,29)(H,27,28). The van der Waals surface area contributed by atoms with Crippen molar-refractivity contribution in [1.29, 1.82) is 0 Å². The molecule has 0 spiro atoms. The van der Waals surface area contributed by atoms with Crippen molar-refractivity contribution in [1.82, 2.24) is 5.32 Å². The Labute approximate surface area is 180 Å². The largest absolute Gasteiger partial charge is 0.478 e. The summed E-state index contributed by atoms with van der Waals surface area (Å²) in [6.07, 6.45) is 1.39. The first-order valence-corrected chi connectivity index (χ1v) is 9.35. The van der Waals surface area contributed by atoms with Gasteiger partial charge in [0.05, 0.1) is 16.3 Å². The molecule has 0 atom stereocenters. The van der Waals surface area contributed by atoms with Crippen LogP contribution in [0.15, 0.2) is 64.7 Å². The molecule has 2 aromatic carbocycles. The van der Waals surface area contributed by atoms with Crippen molar-refractivity contribution in [2.24, 2.45) is 0 Å².